The third-order valence-corrected chi connectivity index (χ3v) is 6.18. The highest BCUT2D eigenvalue weighted by atomic mass is 32.1. The molecular weight excluding hydrogens is 350 g/mol. The quantitative estimate of drug-likeness (QED) is 0.867. The summed E-state index contributed by atoms with van der Waals surface area (Å²) in [5, 5.41) is 9.01. The number of hydrogen-bond acceptors (Lipinski definition) is 5. The number of anilines is 1. The van der Waals surface area contributed by atoms with Crippen molar-refractivity contribution < 1.29 is 14.3 Å². The molecule has 6 nitrogen and oxygen atoms in total. The van der Waals surface area contributed by atoms with Gasteiger partial charge in [0.15, 0.2) is 11.9 Å². The smallest absolute Gasteiger partial charge is 0.265 e. The van der Waals surface area contributed by atoms with Gasteiger partial charge in [0.2, 0.25) is 0 Å². The van der Waals surface area contributed by atoms with Gasteiger partial charge in [-0.2, -0.15) is 0 Å². The van der Waals surface area contributed by atoms with Crippen molar-refractivity contribution in [1.82, 2.24) is 10.3 Å². The first-order chi connectivity index (χ1) is 12.5. The van der Waals surface area contributed by atoms with Crippen molar-refractivity contribution >= 4 is 28.8 Å². The molecule has 1 fully saturated rings. The van der Waals surface area contributed by atoms with Gasteiger partial charge in [-0.05, 0) is 38.8 Å². The van der Waals surface area contributed by atoms with Gasteiger partial charge in [0, 0.05) is 11.1 Å². The SMILES string of the molecule is Cc1csc(C2(NC(=O)c3cccc4c3OC(C)C(=O)N4)CCCC2)n1. The molecule has 0 spiro atoms. The first kappa shape index (κ1) is 17.0. The van der Waals surface area contributed by atoms with Crippen LogP contribution in [-0.4, -0.2) is 22.9 Å². The van der Waals surface area contributed by atoms with E-state index in [0.717, 1.165) is 36.4 Å². The first-order valence-electron chi connectivity index (χ1n) is 8.84. The number of nitrogens with zero attached hydrogens (tertiary/aromatic N) is 1. The fourth-order valence-corrected chi connectivity index (χ4v) is 4.65. The van der Waals surface area contributed by atoms with E-state index >= 15 is 0 Å². The van der Waals surface area contributed by atoms with Gasteiger partial charge < -0.3 is 15.4 Å². The topological polar surface area (TPSA) is 80.3 Å². The third-order valence-electron chi connectivity index (χ3n) is 5.02. The molecule has 2 aliphatic rings. The van der Waals surface area contributed by atoms with Crippen molar-refractivity contribution in [2.45, 2.75) is 51.2 Å². The zero-order valence-electron chi connectivity index (χ0n) is 14.8. The highest BCUT2D eigenvalue weighted by Crippen LogP contribution is 2.41. The zero-order chi connectivity index (χ0) is 18.3. The Labute approximate surface area is 156 Å². The van der Waals surface area contributed by atoms with Crippen LogP contribution in [-0.2, 0) is 10.3 Å². The molecule has 2 heterocycles. The van der Waals surface area contributed by atoms with Crippen molar-refractivity contribution in [3.8, 4) is 5.75 Å². The van der Waals surface area contributed by atoms with Crippen molar-refractivity contribution in [3.63, 3.8) is 0 Å². The molecule has 136 valence electrons. The number of aromatic nitrogens is 1. The Kier molecular flexibility index (Phi) is 4.19. The summed E-state index contributed by atoms with van der Waals surface area (Å²) in [7, 11) is 0. The molecule has 1 unspecified atom stereocenters. The molecule has 2 aromatic rings. The summed E-state index contributed by atoms with van der Waals surface area (Å²) in [4.78, 5) is 29.6. The standard InChI is InChI=1S/C19H21N3O3S/c1-11-10-26-18(20-11)19(8-3-4-9-19)22-17(24)13-6-5-7-14-15(13)25-12(2)16(23)21-14/h5-7,10,12H,3-4,8-9H2,1-2H3,(H,21,23)(H,22,24). The maximum absolute atomic E-state index is 13.1. The van der Waals surface area contributed by atoms with Crippen LogP contribution in [0, 0.1) is 6.92 Å². The number of carbonyl (C=O) groups is 2. The van der Waals surface area contributed by atoms with Gasteiger partial charge in [-0.1, -0.05) is 18.9 Å². The molecule has 1 aliphatic heterocycles. The lowest BCUT2D eigenvalue weighted by molar-refractivity contribution is -0.122. The predicted molar refractivity (Wildman–Crippen MR) is 99.6 cm³/mol. The molecule has 0 radical (unpaired) electrons. The Hall–Kier alpha value is -2.41. The summed E-state index contributed by atoms with van der Waals surface area (Å²) in [6.45, 7) is 3.64. The molecule has 2 N–H and O–H groups in total. The number of benzene rings is 1. The molecular formula is C19H21N3O3S. The molecule has 1 atom stereocenters. The number of aryl methyl sites for hydroxylation is 1. The number of nitrogens with one attached hydrogen (secondary N) is 2. The van der Waals surface area contributed by atoms with Crippen LogP contribution in [0.1, 0.15) is 53.7 Å². The second kappa shape index (κ2) is 6.39. The summed E-state index contributed by atoms with van der Waals surface area (Å²) in [6, 6.07) is 5.22. The van der Waals surface area contributed by atoms with Crippen LogP contribution in [0.15, 0.2) is 23.6 Å². The van der Waals surface area contributed by atoms with Gasteiger partial charge in [0.1, 0.15) is 5.01 Å². The predicted octanol–water partition coefficient (Wildman–Crippen LogP) is 3.37. The normalized spacial score (nSPS) is 20.8. The van der Waals surface area contributed by atoms with Crippen LogP contribution in [0.2, 0.25) is 0 Å². The van der Waals surface area contributed by atoms with E-state index in [1.165, 1.54) is 0 Å². The summed E-state index contributed by atoms with van der Waals surface area (Å²) in [5.41, 5.74) is 1.53. The van der Waals surface area contributed by atoms with Gasteiger partial charge in [0.05, 0.1) is 16.8 Å². The number of ether oxygens (including phenoxy) is 1. The molecule has 1 aromatic carbocycles. The fourth-order valence-electron chi connectivity index (χ4n) is 3.64. The minimum absolute atomic E-state index is 0.194. The van der Waals surface area contributed by atoms with Crippen molar-refractivity contribution in [3.05, 3.63) is 39.8 Å². The van der Waals surface area contributed by atoms with Gasteiger partial charge >= 0.3 is 0 Å². The zero-order valence-corrected chi connectivity index (χ0v) is 15.6. The lowest BCUT2D eigenvalue weighted by Crippen LogP contribution is -2.44. The Morgan fingerprint density at radius 1 is 1.38 bits per heavy atom. The summed E-state index contributed by atoms with van der Waals surface area (Å²) in [6.07, 6.45) is 3.27. The van der Waals surface area contributed by atoms with E-state index < -0.39 is 11.6 Å². The van der Waals surface area contributed by atoms with Crippen molar-refractivity contribution in [1.29, 1.82) is 0 Å². The summed E-state index contributed by atoms with van der Waals surface area (Å²) in [5.74, 6) is 0.0288. The molecule has 26 heavy (non-hydrogen) atoms. The number of rotatable bonds is 3. The van der Waals surface area contributed by atoms with Gasteiger partial charge in [-0.25, -0.2) is 4.98 Å². The highest BCUT2D eigenvalue weighted by Gasteiger charge is 2.40. The van der Waals surface area contributed by atoms with E-state index in [9.17, 15) is 9.59 Å². The Bertz CT molecular complexity index is 871. The fraction of sp³-hybridized carbons (Fsp3) is 0.421. The minimum atomic E-state index is -0.626. The number of thiazole rings is 1. The number of carbonyl (C=O) groups excluding carboxylic acids is 2. The monoisotopic (exact) mass is 371 g/mol. The number of fused-ring (bicyclic) bond motifs is 1. The lowest BCUT2D eigenvalue weighted by Gasteiger charge is -2.30. The third kappa shape index (κ3) is 2.86. The van der Waals surface area contributed by atoms with E-state index in [2.05, 4.69) is 15.6 Å². The average molecular weight is 371 g/mol. The number of para-hydroxylation sites is 1. The van der Waals surface area contributed by atoms with E-state index in [4.69, 9.17) is 4.74 Å². The first-order valence-corrected chi connectivity index (χ1v) is 9.72. The Morgan fingerprint density at radius 2 is 2.15 bits per heavy atom. The molecule has 1 saturated carbocycles. The second-order valence-corrected chi connectivity index (χ2v) is 7.83. The molecule has 1 aromatic heterocycles. The van der Waals surface area contributed by atoms with Crippen molar-refractivity contribution in [2.75, 3.05) is 5.32 Å². The Morgan fingerprint density at radius 3 is 2.85 bits per heavy atom. The molecule has 0 bridgehead atoms. The van der Waals surface area contributed by atoms with E-state index in [1.54, 1.807) is 36.5 Å². The minimum Gasteiger partial charge on any atom is -0.478 e. The lowest BCUT2D eigenvalue weighted by atomic mass is 9.97. The maximum atomic E-state index is 13.1. The second-order valence-electron chi connectivity index (χ2n) is 6.97. The van der Waals surface area contributed by atoms with Gasteiger partial charge in [0.25, 0.3) is 11.8 Å². The van der Waals surface area contributed by atoms with E-state index in [0.29, 0.717) is 17.0 Å². The van der Waals surface area contributed by atoms with E-state index in [-0.39, 0.29) is 11.8 Å². The van der Waals surface area contributed by atoms with Crippen LogP contribution >= 0.6 is 11.3 Å². The van der Waals surface area contributed by atoms with Crippen LogP contribution < -0.4 is 15.4 Å². The Balaban J connectivity index is 1.66. The van der Waals surface area contributed by atoms with Crippen molar-refractivity contribution in [2.24, 2.45) is 0 Å². The van der Waals surface area contributed by atoms with Crippen LogP contribution in [0.5, 0.6) is 5.75 Å². The number of hydrogen-bond donors (Lipinski definition) is 2. The molecule has 1 aliphatic carbocycles. The molecule has 2 amide bonds. The highest BCUT2D eigenvalue weighted by molar-refractivity contribution is 7.09. The van der Waals surface area contributed by atoms with Crippen LogP contribution in [0.25, 0.3) is 0 Å². The van der Waals surface area contributed by atoms with Gasteiger partial charge in [-0.3, -0.25) is 9.59 Å². The molecule has 7 heteroatoms. The van der Waals surface area contributed by atoms with E-state index in [1.807, 2.05) is 12.3 Å². The molecule has 4 rings (SSSR count). The van der Waals surface area contributed by atoms with Crippen LogP contribution in [0.3, 0.4) is 0 Å². The van der Waals surface area contributed by atoms with Gasteiger partial charge in [-0.15, -0.1) is 11.3 Å². The largest absolute Gasteiger partial charge is 0.478 e. The average Bonchev–Trinajstić information content (AvgIpc) is 3.25. The maximum Gasteiger partial charge on any atom is 0.265 e. The molecule has 0 saturated heterocycles. The number of amides is 2. The van der Waals surface area contributed by atoms with Crippen LogP contribution in [0.4, 0.5) is 5.69 Å². The summed E-state index contributed by atoms with van der Waals surface area (Å²) >= 11 is 1.60. The summed E-state index contributed by atoms with van der Waals surface area (Å²) < 4.78 is 5.72.